The fourth-order valence-corrected chi connectivity index (χ4v) is 3.76. The number of hydrogen-bond donors (Lipinski definition) is 2. The topological polar surface area (TPSA) is 64.3 Å². The molecule has 26 heavy (non-hydrogen) atoms. The van der Waals surface area contributed by atoms with Gasteiger partial charge in [0.1, 0.15) is 0 Å². The molecule has 3 N–H and O–H groups in total. The smallest absolute Gasteiger partial charge is 0.250 e. The molecule has 1 aliphatic rings. The summed E-state index contributed by atoms with van der Waals surface area (Å²) in [6.45, 7) is 4.53. The highest BCUT2D eigenvalue weighted by Crippen LogP contribution is 2.27. The number of halogens is 1. The van der Waals surface area contributed by atoms with Gasteiger partial charge in [-0.25, -0.2) is 0 Å². The van der Waals surface area contributed by atoms with E-state index in [9.17, 15) is 4.79 Å². The van der Waals surface area contributed by atoms with Gasteiger partial charge in [0.2, 0.25) is 0 Å². The van der Waals surface area contributed by atoms with Crippen molar-refractivity contribution in [2.24, 2.45) is 11.7 Å². The number of amides is 1. The third-order valence-corrected chi connectivity index (χ3v) is 5.25. The van der Waals surface area contributed by atoms with Crippen LogP contribution in [-0.2, 0) is 16.0 Å². The van der Waals surface area contributed by atoms with E-state index in [1.807, 2.05) is 38.1 Å². The minimum absolute atomic E-state index is 0.132. The first-order chi connectivity index (χ1) is 12.6. The van der Waals surface area contributed by atoms with Gasteiger partial charge in [-0.15, -0.1) is 0 Å². The Hall–Kier alpha value is -1.10. The van der Waals surface area contributed by atoms with E-state index < -0.39 is 6.10 Å². The highest BCUT2D eigenvalue weighted by Gasteiger charge is 2.28. The van der Waals surface area contributed by atoms with Crippen molar-refractivity contribution in [2.75, 3.05) is 13.7 Å². The molecule has 0 radical (unpaired) electrons. The van der Waals surface area contributed by atoms with E-state index in [0.29, 0.717) is 18.9 Å². The van der Waals surface area contributed by atoms with Gasteiger partial charge in [-0.2, -0.15) is 0 Å². The molecule has 0 bridgehead atoms. The fraction of sp³-hybridized carbons (Fsp3) is 0.667. The summed E-state index contributed by atoms with van der Waals surface area (Å²) in [6, 6.07) is 7.42. The lowest BCUT2D eigenvalue weighted by molar-refractivity contribution is -0.132. The Balaban J connectivity index is 0.00000163. The predicted octanol–water partition coefficient (Wildman–Crippen LogP) is 4.34. The molecule has 1 saturated carbocycles. The number of hydrogen-bond acceptors (Lipinski definition) is 3. The van der Waals surface area contributed by atoms with Gasteiger partial charge >= 0.3 is 0 Å². The normalized spacial score (nSPS) is 17.0. The van der Waals surface area contributed by atoms with E-state index in [0.717, 1.165) is 17.0 Å². The number of methoxy groups -OCH3 is 1. The van der Waals surface area contributed by atoms with Crippen molar-refractivity contribution in [3.8, 4) is 0 Å². The molecule has 1 aromatic rings. The molecular weight excluding hydrogens is 348 g/mol. The third-order valence-electron chi connectivity index (χ3n) is 4.88. The van der Waals surface area contributed by atoms with Crippen LogP contribution in [-0.4, -0.2) is 31.7 Å². The Morgan fingerprint density at radius 2 is 1.92 bits per heavy atom. The maximum absolute atomic E-state index is 12.4. The average Bonchev–Trinajstić information content (AvgIpc) is 2.66. The van der Waals surface area contributed by atoms with Crippen LogP contribution in [0.1, 0.15) is 57.9 Å². The first-order valence-corrected chi connectivity index (χ1v) is 10.3. The summed E-state index contributed by atoms with van der Waals surface area (Å²) in [5.41, 5.74) is 7.29. The van der Waals surface area contributed by atoms with Crippen molar-refractivity contribution >= 4 is 17.5 Å². The SMILES string of the molecule is CC.COC(C(=O)NCCc1ccccc1Cl)C(N)CC1CCCCC1. The zero-order chi connectivity index (χ0) is 19.4. The van der Waals surface area contributed by atoms with Crippen molar-refractivity contribution in [2.45, 2.75) is 70.9 Å². The molecule has 4 nitrogen and oxygen atoms in total. The zero-order valence-electron chi connectivity index (χ0n) is 16.5. The molecule has 1 aliphatic carbocycles. The van der Waals surface area contributed by atoms with Gasteiger partial charge in [0, 0.05) is 24.7 Å². The van der Waals surface area contributed by atoms with Crippen LogP contribution in [0.5, 0.6) is 0 Å². The second-order valence-electron chi connectivity index (χ2n) is 6.69. The fourth-order valence-electron chi connectivity index (χ4n) is 3.53. The van der Waals surface area contributed by atoms with Gasteiger partial charge in [-0.05, 0) is 30.4 Å². The lowest BCUT2D eigenvalue weighted by Gasteiger charge is -2.28. The van der Waals surface area contributed by atoms with Crippen LogP contribution < -0.4 is 11.1 Å². The van der Waals surface area contributed by atoms with E-state index in [4.69, 9.17) is 22.1 Å². The van der Waals surface area contributed by atoms with Gasteiger partial charge in [-0.1, -0.05) is 75.8 Å². The van der Waals surface area contributed by atoms with E-state index in [1.54, 1.807) is 7.11 Å². The lowest BCUT2D eigenvalue weighted by atomic mass is 9.84. The van der Waals surface area contributed by atoms with Gasteiger partial charge < -0.3 is 15.8 Å². The standard InChI is InChI=1S/C19H29ClN2O2.C2H6/c1-24-18(17(21)13-14-7-3-2-4-8-14)19(23)22-12-11-15-9-5-6-10-16(15)20;1-2/h5-6,9-10,14,17-18H,2-4,7-8,11-13,21H2,1H3,(H,22,23);1-2H3. The zero-order valence-corrected chi connectivity index (χ0v) is 17.2. The average molecular weight is 383 g/mol. The Kier molecular flexibility index (Phi) is 11.6. The predicted molar refractivity (Wildman–Crippen MR) is 109 cm³/mol. The number of nitrogens with one attached hydrogen (secondary N) is 1. The molecule has 0 aromatic heterocycles. The molecule has 2 unspecified atom stereocenters. The number of nitrogens with two attached hydrogens (primary N) is 1. The molecule has 2 atom stereocenters. The largest absolute Gasteiger partial charge is 0.370 e. The number of carbonyl (C=O) groups excluding carboxylic acids is 1. The minimum atomic E-state index is -0.585. The van der Waals surface area contributed by atoms with Gasteiger partial charge in [0.05, 0.1) is 0 Å². The van der Waals surface area contributed by atoms with Crippen molar-refractivity contribution < 1.29 is 9.53 Å². The third kappa shape index (κ3) is 7.65. The van der Waals surface area contributed by atoms with Crippen molar-refractivity contribution in [1.29, 1.82) is 0 Å². The highest BCUT2D eigenvalue weighted by atomic mass is 35.5. The summed E-state index contributed by atoms with van der Waals surface area (Å²) < 4.78 is 5.38. The van der Waals surface area contributed by atoms with E-state index in [-0.39, 0.29) is 11.9 Å². The van der Waals surface area contributed by atoms with E-state index in [2.05, 4.69) is 5.32 Å². The summed E-state index contributed by atoms with van der Waals surface area (Å²) >= 11 is 6.13. The Bertz CT molecular complexity index is 518. The number of benzene rings is 1. The molecule has 5 heteroatoms. The Morgan fingerprint density at radius 1 is 1.27 bits per heavy atom. The maximum atomic E-state index is 12.4. The quantitative estimate of drug-likeness (QED) is 0.702. The first-order valence-electron chi connectivity index (χ1n) is 9.91. The number of ether oxygens (including phenoxy) is 1. The summed E-state index contributed by atoms with van der Waals surface area (Å²) in [6.07, 6.45) is 7.28. The van der Waals surface area contributed by atoms with Gasteiger partial charge in [0.15, 0.2) is 6.10 Å². The number of carbonyl (C=O) groups is 1. The van der Waals surface area contributed by atoms with Crippen LogP contribution >= 0.6 is 11.6 Å². The van der Waals surface area contributed by atoms with Crippen LogP contribution in [0.3, 0.4) is 0 Å². The van der Waals surface area contributed by atoms with Gasteiger partial charge in [0.25, 0.3) is 5.91 Å². The molecule has 0 spiro atoms. The monoisotopic (exact) mass is 382 g/mol. The molecular formula is C21H35ClN2O2. The summed E-state index contributed by atoms with van der Waals surface area (Å²) in [7, 11) is 1.55. The van der Waals surface area contributed by atoms with Crippen LogP contribution in [0, 0.1) is 5.92 Å². The molecule has 0 saturated heterocycles. The van der Waals surface area contributed by atoms with E-state index >= 15 is 0 Å². The molecule has 0 aliphatic heterocycles. The van der Waals surface area contributed by atoms with Crippen molar-refractivity contribution in [1.82, 2.24) is 5.32 Å². The molecule has 0 heterocycles. The second-order valence-corrected chi connectivity index (χ2v) is 7.10. The van der Waals surface area contributed by atoms with Crippen LogP contribution in [0.4, 0.5) is 0 Å². The first kappa shape index (κ1) is 22.9. The molecule has 1 amide bonds. The Labute approximate surface area is 163 Å². The van der Waals surface area contributed by atoms with Crippen LogP contribution in [0.25, 0.3) is 0 Å². The molecule has 1 aromatic carbocycles. The van der Waals surface area contributed by atoms with E-state index in [1.165, 1.54) is 32.1 Å². The Morgan fingerprint density at radius 3 is 2.54 bits per heavy atom. The van der Waals surface area contributed by atoms with Gasteiger partial charge in [-0.3, -0.25) is 4.79 Å². The second kappa shape index (κ2) is 13.1. The lowest BCUT2D eigenvalue weighted by Crippen LogP contribution is -2.48. The van der Waals surface area contributed by atoms with Crippen molar-refractivity contribution in [3.05, 3.63) is 34.9 Å². The summed E-state index contributed by atoms with van der Waals surface area (Å²) in [5.74, 6) is 0.496. The maximum Gasteiger partial charge on any atom is 0.250 e. The molecule has 2 rings (SSSR count). The molecule has 1 fully saturated rings. The van der Waals surface area contributed by atoms with Crippen LogP contribution in [0.15, 0.2) is 24.3 Å². The summed E-state index contributed by atoms with van der Waals surface area (Å²) in [5, 5.41) is 3.65. The van der Waals surface area contributed by atoms with Crippen molar-refractivity contribution in [3.63, 3.8) is 0 Å². The van der Waals surface area contributed by atoms with Crippen LogP contribution in [0.2, 0.25) is 5.02 Å². The highest BCUT2D eigenvalue weighted by molar-refractivity contribution is 6.31. The number of rotatable bonds is 8. The molecule has 148 valence electrons. The summed E-state index contributed by atoms with van der Waals surface area (Å²) in [4.78, 5) is 12.4. The minimum Gasteiger partial charge on any atom is -0.370 e.